The van der Waals surface area contributed by atoms with Crippen molar-refractivity contribution in [1.82, 2.24) is 4.98 Å². The standard InChI is InChI=1S/C19H19N3O2/c1-2-24-19(23)16-12-21-17-9-8-14(20)10-15(17)18(16)22-11-13-6-4-3-5-7-13/h3-10,12H,2,11,20H2,1H3,(H,21,22). The molecule has 1 aromatic heterocycles. The molecule has 1 heterocycles. The second-order valence-electron chi connectivity index (χ2n) is 5.38. The smallest absolute Gasteiger partial charge is 0.341 e. The molecule has 5 nitrogen and oxygen atoms in total. The zero-order chi connectivity index (χ0) is 16.9. The molecule has 0 radical (unpaired) electrons. The van der Waals surface area contributed by atoms with Crippen molar-refractivity contribution < 1.29 is 9.53 Å². The number of nitrogens with two attached hydrogens (primary N) is 1. The number of ether oxygens (including phenoxy) is 1. The highest BCUT2D eigenvalue weighted by Crippen LogP contribution is 2.28. The van der Waals surface area contributed by atoms with Crippen LogP contribution in [-0.4, -0.2) is 17.6 Å². The number of nitrogen functional groups attached to an aromatic ring is 1. The maximum absolute atomic E-state index is 12.3. The fraction of sp³-hybridized carbons (Fsp3) is 0.158. The topological polar surface area (TPSA) is 77.2 Å². The molecule has 0 aliphatic rings. The Morgan fingerprint density at radius 3 is 2.75 bits per heavy atom. The third-order valence-corrected chi connectivity index (χ3v) is 3.70. The molecule has 3 N–H and O–H groups in total. The van der Waals surface area contributed by atoms with E-state index in [1.807, 2.05) is 42.5 Å². The van der Waals surface area contributed by atoms with E-state index in [4.69, 9.17) is 10.5 Å². The van der Waals surface area contributed by atoms with Gasteiger partial charge in [-0.3, -0.25) is 4.98 Å². The normalized spacial score (nSPS) is 10.5. The van der Waals surface area contributed by atoms with Crippen LogP contribution in [-0.2, 0) is 11.3 Å². The van der Waals surface area contributed by atoms with Crippen LogP contribution in [0.1, 0.15) is 22.8 Å². The number of hydrogen-bond acceptors (Lipinski definition) is 5. The Morgan fingerprint density at radius 2 is 2.00 bits per heavy atom. The van der Waals surface area contributed by atoms with Crippen molar-refractivity contribution in [3.8, 4) is 0 Å². The molecule has 2 aromatic carbocycles. The Hall–Kier alpha value is -3.08. The lowest BCUT2D eigenvalue weighted by Gasteiger charge is -2.14. The molecule has 0 aliphatic carbocycles. The number of anilines is 2. The van der Waals surface area contributed by atoms with E-state index in [0.29, 0.717) is 30.1 Å². The average Bonchev–Trinajstić information content (AvgIpc) is 2.60. The summed E-state index contributed by atoms with van der Waals surface area (Å²) in [5.41, 5.74) is 9.51. The summed E-state index contributed by atoms with van der Waals surface area (Å²) in [5.74, 6) is -0.398. The van der Waals surface area contributed by atoms with Crippen LogP contribution < -0.4 is 11.1 Å². The van der Waals surface area contributed by atoms with Crippen LogP contribution in [0.2, 0.25) is 0 Å². The number of carbonyl (C=O) groups is 1. The van der Waals surface area contributed by atoms with Crippen LogP contribution in [0, 0.1) is 0 Å². The zero-order valence-corrected chi connectivity index (χ0v) is 13.5. The predicted octanol–water partition coefficient (Wildman–Crippen LogP) is 3.61. The highest BCUT2D eigenvalue weighted by atomic mass is 16.5. The van der Waals surface area contributed by atoms with Gasteiger partial charge in [-0.05, 0) is 30.7 Å². The predicted molar refractivity (Wildman–Crippen MR) is 95.9 cm³/mol. The largest absolute Gasteiger partial charge is 0.462 e. The minimum Gasteiger partial charge on any atom is -0.462 e. The summed E-state index contributed by atoms with van der Waals surface area (Å²) in [6.07, 6.45) is 1.55. The molecule has 3 aromatic rings. The number of aromatic nitrogens is 1. The van der Waals surface area contributed by atoms with E-state index >= 15 is 0 Å². The molecule has 5 heteroatoms. The molecule has 0 bridgehead atoms. The zero-order valence-electron chi connectivity index (χ0n) is 13.5. The van der Waals surface area contributed by atoms with Crippen molar-refractivity contribution in [1.29, 1.82) is 0 Å². The quantitative estimate of drug-likeness (QED) is 0.554. The van der Waals surface area contributed by atoms with Crippen LogP contribution in [0.25, 0.3) is 10.9 Å². The molecular weight excluding hydrogens is 302 g/mol. The summed E-state index contributed by atoms with van der Waals surface area (Å²) in [7, 11) is 0. The van der Waals surface area contributed by atoms with Gasteiger partial charge in [0.2, 0.25) is 0 Å². The first kappa shape index (κ1) is 15.8. The second-order valence-corrected chi connectivity index (χ2v) is 5.38. The molecule has 122 valence electrons. The van der Waals surface area contributed by atoms with Crippen molar-refractivity contribution >= 4 is 28.2 Å². The molecule has 0 amide bonds. The maximum atomic E-state index is 12.3. The Bertz CT molecular complexity index is 863. The molecule has 0 unspecified atom stereocenters. The van der Waals surface area contributed by atoms with Crippen molar-refractivity contribution in [3.63, 3.8) is 0 Å². The second kappa shape index (κ2) is 7.00. The van der Waals surface area contributed by atoms with Gasteiger partial charge in [0.25, 0.3) is 0 Å². The van der Waals surface area contributed by atoms with Gasteiger partial charge in [0.1, 0.15) is 5.56 Å². The number of rotatable bonds is 5. The van der Waals surface area contributed by atoms with Crippen molar-refractivity contribution in [2.75, 3.05) is 17.7 Å². The fourth-order valence-electron chi connectivity index (χ4n) is 2.55. The maximum Gasteiger partial charge on any atom is 0.341 e. The summed E-state index contributed by atoms with van der Waals surface area (Å²) in [6, 6.07) is 15.4. The SMILES string of the molecule is CCOC(=O)c1cnc2ccc(N)cc2c1NCc1ccccc1. The number of nitrogens with one attached hydrogen (secondary N) is 1. The summed E-state index contributed by atoms with van der Waals surface area (Å²) in [4.78, 5) is 16.6. The van der Waals surface area contributed by atoms with Gasteiger partial charge < -0.3 is 15.8 Å². The van der Waals surface area contributed by atoms with Crippen molar-refractivity contribution in [2.45, 2.75) is 13.5 Å². The molecule has 24 heavy (non-hydrogen) atoms. The van der Waals surface area contributed by atoms with E-state index < -0.39 is 5.97 Å². The lowest BCUT2D eigenvalue weighted by atomic mass is 10.1. The molecular formula is C19H19N3O2. The Kier molecular flexibility index (Phi) is 4.61. The van der Waals surface area contributed by atoms with E-state index in [0.717, 1.165) is 16.5 Å². The van der Waals surface area contributed by atoms with Crippen LogP contribution in [0.3, 0.4) is 0 Å². The Labute approximate surface area is 140 Å². The van der Waals surface area contributed by atoms with Gasteiger partial charge in [0, 0.05) is 23.8 Å². The van der Waals surface area contributed by atoms with Crippen LogP contribution >= 0.6 is 0 Å². The number of benzene rings is 2. The fourth-order valence-corrected chi connectivity index (χ4v) is 2.55. The van der Waals surface area contributed by atoms with Crippen molar-refractivity contribution in [2.24, 2.45) is 0 Å². The van der Waals surface area contributed by atoms with Gasteiger partial charge in [0.15, 0.2) is 0 Å². The lowest BCUT2D eigenvalue weighted by Crippen LogP contribution is -2.11. The molecule has 0 spiro atoms. The first-order chi connectivity index (χ1) is 11.7. The number of hydrogen-bond donors (Lipinski definition) is 2. The van der Waals surface area contributed by atoms with E-state index in [2.05, 4.69) is 10.3 Å². The monoisotopic (exact) mass is 321 g/mol. The van der Waals surface area contributed by atoms with Crippen LogP contribution in [0.4, 0.5) is 11.4 Å². The van der Waals surface area contributed by atoms with E-state index in [-0.39, 0.29) is 0 Å². The summed E-state index contributed by atoms with van der Waals surface area (Å²) in [6.45, 7) is 2.68. The van der Waals surface area contributed by atoms with Gasteiger partial charge in [-0.2, -0.15) is 0 Å². The minimum atomic E-state index is -0.398. The van der Waals surface area contributed by atoms with Gasteiger partial charge >= 0.3 is 5.97 Å². The average molecular weight is 321 g/mol. The lowest BCUT2D eigenvalue weighted by molar-refractivity contribution is 0.0527. The summed E-state index contributed by atoms with van der Waals surface area (Å²) in [5, 5.41) is 4.15. The minimum absolute atomic E-state index is 0.311. The first-order valence-corrected chi connectivity index (χ1v) is 7.82. The number of pyridine rings is 1. The third-order valence-electron chi connectivity index (χ3n) is 3.70. The highest BCUT2D eigenvalue weighted by Gasteiger charge is 2.16. The van der Waals surface area contributed by atoms with E-state index in [1.54, 1.807) is 19.2 Å². The molecule has 0 saturated carbocycles. The molecule has 3 rings (SSSR count). The Morgan fingerprint density at radius 1 is 1.21 bits per heavy atom. The molecule has 0 aliphatic heterocycles. The molecule has 0 saturated heterocycles. The number of fused-ring (bicyclic) bond motifs is 1. The Balaban J connectivity index is 2.04. The third kappa shape index (κ3) is 3.30. The van der Waals surface area contributed by atoms with E-state index in [1.165, 1.54) is 0 Å². The van der Waals surface area contributed by atoms with Gasteiger partial charge in [-0.15, -0.1) is 0 Å². The van der Waals surface area contributed by atoms with Gasteiger partial charge in [-0.25, -0.2) is 4.79 Å². The van der Waals surface area contributed by atoms with Crippen molar-refractivity contribution in [3.05, 3.63) is 65.9 Å². The first-order valence-electron chi connectivity index (χ1n) is 7.82. The number of nitrogens with zero attached hydrogens (tertiary/aromatic N) is 1. The molecule has 0 fully saturated rings. The van der Waals surface area contributed by atoms with E-state index in [9.17, 15) is 4.79 Å². The molecule has 0 atom stereocenters. The van der Waals surface area contributed by atoms with Crippen LogP contribution in [0.15, 0.2) is 54.7 Å². The number of esters is 1. The highest BCUT2D eigenvalue weighted by molar-refractivity contribution is 6.05. The number of carbonyl (C=O) groups excluding carboxylic acids is 1. The van der Waals surface area contributed by atoms with Gasteiger partial charge in [0.05, 0.1) is 17.8 Å². The summed E-state index contributed by atoms with van der Waals surface area (Å²) < 4.78 is 5.15. The summed E-state index contributed by atoms with van der Waals surface area (Å²) >= 11 is 0. The van der Waals surface area contributed by atoms with Crippen LogP contribution in [0.5, 0.6) is 0 Å². The van der Waals surface area contributed by atoms with Gasteiger partial charge in [-0.1, -0.05) is 30.3 Å².